The largest absolute Gasteiger partial charge is 0.455 e. The van der Waals surface area contributed by atoms with Gasteiger partial charge in [0.15, 0.2) is 6.61 Å². The van der Waals surface area contributed by atoms with Crippen LogP contribution in [0.25, 0.3) is 0 Å². The molecule has 0 spiro atoms. The molecule has 2 aromatic carbocycles. The molecule has 1 atom stereocenters. The molecule has 1 fully saturated rings. The van der Waals surface area contributed by atoms with Crippen molar-refractivity contribution in [2.24, 2.45) is 5.92 Å². The summed E-state index contributed by atoms with van der Waals surface area (Å²) in [5.74, 6) is -1.58. The zero-order chi connectivity index (χ0) is 21.0. The quantitative estimate of drug-likeness (QED) is 0.670. The Morgan fingerprint density at radius 3 is 2.52 bits per heavy atom. The van der Waals surface area contributed by atoms with Gasteiger partial charge in [-0.3, -0.25) is 14.4 Å². The minimum absolute atomic E-state index is 0.0828. The second-order valence-corrected chi connectivity index (χ2v) is 8.15. The SMILES string of the molecule is Cc1ccc(CN2CC(C(=O)OCC(=O)Nc3ccc(C)cc3Br)CC2=O)cc1. The van der Waals surface area contributed by atoms with Crippen LogP contribution in [0.1, 0.15) is 23.1 Å². The molecule has 1 aliphatic rings. The van der Waals surface area contributed by atoms with Crippen molar-refractivity contribution in [3.63, 3.8) is 0 Å². The summed E-state index contributed by atoms with van der Waals surface area (Å²) in [6.45, 7) is 4.33. The number of carbonyl (C=O) groups is 3. The number of hydrogen-bond donors (Lipinski definition) is 1. The van der Waals surface area contributed by atoms with Crippen molar-refractivity contribution in [1.29, 1.82) is 0 Å². The number of nitrogens with one attached hydrogen (secondary N) is 1. The Kier molecular flexibility index (Phi) is 6.69. The van der Waals surface area contributed by atoms with E-state index in [1.807, 2.05) is 50.2 Å². The Morgan fingerprint density at radius 1 is 1.14 bits per heavy atom. The van der Waals surface area contributed by atoms with Crippen LogP contribution in [0, 0.1) is 19.8 Å². The van der Waals surface area contributed by atoms with Gasteiger partial charge in [-0.2, -0.15) is 0 Å². The number of anilines is 1. The van der Waals surface area contributed by atoms with Gasteiger partial charge in [-0.05, 0) is 53.0 Å². The Morgan fingerprint density at radius 2 is 1.83 bits per heavy atom. The van der Waals surface area contributed by atoms with Crippen LogP contribution in [0.15, 0.2) is 46.9 Å². The molecule has 7 heteroatoms. The summed E-state index contributed by atoms with van der Waals surface area (Å²) in [6.07, 6.45) is 0.107. The van der Waals surface area contributed by atoms with Crippen LogP contribution in [0.4, 0.5) is 5.69 Å². The van der Waals surface area contributed by atoms with Gasteiger partial charge in [0.05, 0.1) is 11.6 Å². The van der Waals surface area contributed by atoms with Crippen molar-refractivity contribution in [3.8, 4) is 0 Å². The average molecular weight is 459 g/mol. The molecule has 0 saturated carbocycles. The predicted molar refractivity (Wildman–Crippen MR) is 113 cm³/mol. The standard InChI is InChI=1S/C22H23BrN2O4/c1-14-3-6-16(7-4-14)11-25-12-17(10-21(25)27)22(28)29-13-20(26)24-19-8-5-15(2)9-18(19)23/h3-9,17H,10-13H2,1-2H3,(H,24,26). The molecule has 0 radical (unpaired) electrons. The first-order valence-corrected chi connectivity index (χ1v) is 10.2. The van der Waals surface area contributed by atoms with Gasteiger partial charge in [0.1, 0.15) is 0 Å². The van der Waals surface area contributed by atoms with Gasteiger partial charge in [-0.1, -0.05) is 35.9 Å². The number of nitrogens with zero attached hydrogens (tertiary/aromatic N) is 1. The summed E-state index contributed by atoms with van der Waals surface area (Å²) in [5, 5.41) is 2.70. The summed E-state index contributed by atoms with van der Waals surface area (Å²) < 4.78 is 5.90. The van der Waals surface area contributed by atoms with E-state index in [1.54, 1.807) is 11.0 Å². The highest BCUT2D eigenvalue weighted by molar-refractivity contribution is 9.10. The second-order valence-electron chi connectivity index (χ2n) is 7.30. The van der Waals surface area contributed by atoms with Gasteiger partial charge in [0.25, 0.3) is 5.91 Å². The van der Waals surface area contributed by atoms with Crippen molar-refractivity contribution < 1.29 is 19.1 Å². The van der Waals surface area contributed by atoms with Crippen LogP contribution in [-0.2, 0) is 25.7 Å². The molecular formula is C22H23BrN2O4. The molecule has 152 valence electrons. The normalized spacial score (nSPS) is 16.0. The number of aryl methyl sites for hydroxylation is 2. The number of amides is 2. The van der Waals surface area contributed by atoms with Crippen LogP contribution >= 0.6 is 15.9 Å². The van der Waals surface area contributed by atoms with Crippen molar-refractivity contribution in [1.82, 2.24) is 4.90 Å². The number of likely N-dealkylation sites (tertiary alicyclic amines) is 1. The maximum Gasteiger partial charge on any atom is 0.311 e. The number of rotatable bonds is 6. The molecule has 0 bridgehead atoms. The first-order chi connectivity index (χ1) is 13.8. The Balaban J connectivity index is 1.48. The molecule has 6 nitrogen and oxygen atoms in total. The molecule has 1 N–H and O–H groups in total. The molecule has 2 amide bonds. The van der Waals surface area contributed by atoms with E-state index in [9.17, 15) is 14.4 Å². The van der Waals surface area contributed by atoms with Gasteiger partial charge in [0.2, 0.25) is 5.91 Å². The number of ether oxygens (including phenoxy) is 1. The second kappa shape index (κ2) is 9.22. The molecule has 1 heterocycles. The van der Waals surface area contributed by atoms with Crippen LogP contribution < -0.4 is 5.32 Å². The van der Waals surface area contributed by atoms with Gasteiger partial charge in [-0.15, -0.1) is 0 Å². The van der Waals surface area contributed by atoms with Gasteiger partial charge >= 0.3 is 5.97 Å². The number of halogens is 1. The van der Waals surface area contributed by atoms with E-state index in [0.29, 0.717) is 18.8 Å². The Bertz CT molecular complexity index is 927. The zero-order valence-electron chi connectivity index (χ0n) is 16.4. The summed E-state index contributed by atoms with van der Waals surface area (Å²) in [6, 6.07) is 13.5. The van der Waals surface area contributed by atoms with E-state index < -0.39 is 17.8 Å². The van der Waals surface area contributed by atoms with Crippen LogP contribution in [0.2, 0.25) is 0 Å². The van der Waals surface area contributed by atoms with E-state index in [-0.39, 0.29) is 18.9 Å². The number of hydrogen-bond acceptors (Lipinski definition) is 4. The van der Waals surface area contributed by atoms with E-state index in [0.717, 1.165) is 21.2 Å². The maximum absolute atomic E-state index is 12.3. The lowest BCUT2D eigenvalue weighted by Gasteiger charge is -2.16. The predicted octanol–water partition coefficient (Wildman–Crippen LogP) is 3.60. The molecule has 0 aromatic heterocycles. The molecule has 3 rings (SSSR count). The third-order valence-electron chi connectivity index (χ3n) is 4.79. The lowest BCUT2D eigenvalue weighted by Crippen LogP contribution is -2.28. The minimum Gasteiger partial charge on any atom is -0.455 e. The molecule has 29 heavy (non-hydrogen) atoms. The van der Waals surface area contributed by atoms with Crippen molar-refractivity contribution in [2.45, 2.75) is 26.8 Å². The fraction of sp³-hybridized carbons (Fsp3) is 0.318. The lowest BCUT2D eigenvalue weighted by molar-refractivity contribution is -0.151. The van der Waals surface area contributed by atoms with Crippen molar-refractivity contribution >= 4 is 39.4 Å². The lowest BCUT2D eigenvalue weighted by atomic mass is 10.1. The zero-order valence-corrected chi connectivity index (χ0v) is 18.0. The maximum atomic E-state index is 12.3. The molecule has 1 unspecified atom stereocenters. The van der Waals surface area contributed by atoms with Crippen LogP contribution in [0.5, 0.6) is 0 Å². The molecule has 0 aliphatic carbocycles. The summed E-state index contributed by atoms with van der Waals surface area (Å²) >= 11 is 3.39. The summed E-state index contributed by atoms with van der Waals surface area (Å²) in [7, 11) is 0. The van der Waals surface area contributed by atoms with Crippen molar-refractivity contribution in [2.75, 3.05) is 18.5 Å². The first-order valence-electron chi connectivity index (χ1n) is 9.38. The first kappa shape index (κ1) is 21.0. The van der Waals surface area contributed by atoms with Crippen LogP contribution in [-0.4, -0.2) is 35.8 Å². The van der Waals surface area contributed by atoms with E-state index in [1.165, 1.54) is 0 Å². The Labute approximate surface area is 178 Å². The van der Waals surface area contributed by atoms with Gasteiger partial charge in [-0.25, -0.2) is 0 Å². The fourth-order valence-corrected chi connectivity index (χ4v) is 3.75. The number of esters is 1. The Hall–Kier alpha value is -2.67. The number of carbonyl (C=O) groups excluding carboxylic acids is 3. The average Bonchev–Trinajstić information content (AvgIpc) is 3.04. The highest BCUT2D eigenvalue weighted by Crippen LogP contribution is 2.24. The third-order valence-corrected chi connectivity index (χ3v) is 5.44. The molecular weight excluding hydrogens is 436 g/mol. The topological polar surface area (TPSA) is 75.7 Å². The smallest absolute Gasteiger partial charge is 0.311 e. The molecule has 2 aromatic rings. The fourth-order valence-electron chi connectivity index (χ4n) is 3.16. The highest BCUT2D eigenvalue weighted by atomic mass is 79.9. The summed E-state index contributed by atoms with van der Waals surface area (Å²) in [5.41, 5.74) is 3.83. The highest BCUT2D eigenvalue weighted by Gasteiger charge is 2.35. The van der Waals surface area contributed by atoms with Gasteiger partial charge in [0, 0.05) is 24.0 Å². The summed E-state index contributed by atoms with van der Waals surface area (Å²) in [4.78, 5) is 38.3. The van der Waals surface area contributed by atoms with Crippen LogP contribution in [0.3, 0.4) is 0 Å². The van der Waals surface area contributed by atoms with E-state index >= 15 is 0 Å². The number of benzene rings is 2. The third kappa shape index (κ3) is 5.67. The molecule has 1 saturated heterocycles. The monoisotopic (exact) mass is 458 g/mol. The molecule has 1 aliphatic heterocycles. The van der Waals surface area contributed by atoms with Gasteiger partial charge < -0.3 is 15.0 Å². The van der Waals surface area contributed by atoms with E-state index in [4.69, 9.17) is 4.74 Å². The minimum atomic E-state index is -0.549. The van der Waals surface area contributed by atoms with Crippen molar-refractivity contribution in [3.05, 3.63) is 63.6 Å². The van der Waals surface area contributed by atoms with E-state index in [2.05, 4.69) is 21.2 Å².